The molecule has 2 aromatic rings. The summed E-state index contributed by atoms with van der Waals surface area (Å²) >= 11 is 0. The van der Waals surface area contributed by atoms with Crippen LogP contribution in [-0.2, 0) is 10.6 Å². The van der Waals surface area contributed by atoms with Gasteiger partial charge in [-0.2, -0.15) is 0 Å². The fraction of sp³-hybridized carbons (Fsp3) is 0.278. The third-order valence-electron chi connectivity index (χ3n) is 4.61. The Balaban J connectivity index is 1.81. The number of rotatable bonds is 2. The molecule has 1 saturated heterocycles. The molecule has 1 fully saturated rings. The molecule has 2 aliphatic heterocycles. The van der Waals surface area contributed by atoms with Gasteiger partial charge in [-0.3, -0.25) is 0 Å². The van der Waals surface area contributed by atoms with E-state index in [2.05, 4.69) is 65.5 Å². The molecule has 0 bridgehead atoms. The zero-order valence-corrected chi connectivity index (χ0v) is 12.8. The van der Waals surface area contributed by atoms with Crippen molar-refractivity contribution in [2.24, 2.45) is 5.16 Å². The van der Waals surface area contributed by atoms with Crippen molar-refractivity contribution < 1.29 is 4.84 Å². The number of benzene rings is 2. The normalized spacial score (nSPS) is 27.5. The van der Waals surface area contributed by atoms with Gasteiger partial charge in [0.25, 0.3) is 5.72 Å². The van der Waals surface area contributed by atoms with Crippen molar-refractivity contribution in [1.29, 1.82) is 0 Å². The second-order valence-electron chi connectivity index (χ2n) is 5.96. The summed E-state index contributed by atoms with van der Waals surface area (Å²) in [6, 6.07) is 20.9. The van der Waals surface area contributed by atoms with E-state index in [4.69, 9.17) is 4.84 Å². The van der Waals surface area contributed by atoms with Gasteiger partial charge in [0.2, 0.25) is 0 Å². The zero-order chi connectivity index (χ0) is 15.2. The van der Waals surface area contributed by atoms with E-state index in [9.17, 15) is 0 Å². The van der Waals surface area contributed by atoms with E-state index in [1.807, 2.05) is 24.3 Å². The predicted molar refractivity (Wildman–Crippen MR) is 85.9 cm³/mol. The minimum atomic E-state index is -0.527. The second kappa shape index (κ2) is 4.85. The molecular formula is C18H19N3O. The molecule has 112 valence electrons. The SMILES string of the molecule is C[C@H]1C[C@]2(c3ccccc3)ON=C(c3ccccc3)N2N1C. The van der Waals surface area contributed by atoms with Gasteiger partial charge in [0, 0.05) is 30.6 Å². The predicted octanol–water partition coefficient (Wildman–Crippen LogP) is 3.17. The van der Waals surface area contributed by atoms with Crippen LogP contribution in [0.4, 0.5) is 0 Å². The molecule has 2 aliphatic rings. The lowest BCUT2D eigenvalue weighted by Gasteiger charge is -2.34. The molecule has 0 spiro atoms. The average molecular weight is 293 g/mol. The van der Waals surface area contributed by atoms with Crippen molar-refractivity contribution in [3.8, 4) is 0 Å². The van der Waals surface area contributed by atoms with Gasteiger partial charge in [0.15, 0.2) is 5.84 Å². The second-order valence-corrected chi connectivity index (χ2v) is 5.96. The van der Waals surface area contributed by atoms with Crippen molar-refractivity contribution in [1.82, 2.24) is 10.0 Å². The summed E-state index contributed by atoms with van der Waals surface area (Å²) in [6.45, 7) is 2.22. The highest BCUT2D eigenvalue weighted by Crippen LogP contribution is 2.46. The van der Waals surface area contributed by atoms with Gasteiger partial charge in [-0.15, -0.1) is 0 Å². The molecule has 22 heavy (non-hydrogen) atoms. The lowest BCUT2D eigenvalue weighted by atomic mass is 9.97. The third kappa shape index (κ3) is 1.77. The molecule has 4 nitrogen and oxygen atoms in total. The topological polar surface area (TPSA) is 28.1 Å². The fourth-order valence-corrected chi connectivity index (χ4v) is 3.38. The molecule has 0 saturated carbocycles. The van der Waals surface area contributed by atoms with E-state index >= 15 is 0 Å². The molecular weight excluding hydrogens is 274 g/mol. The highest BCUT2D eigenvalue weighted by atomic mass is 16.7. The van der Waals surface area contributed by atoms with E-state index in [1.54, 1.807) is 0 Å². The van der Waals surface area contributed by atoms with Crippen LogP contribution in [0.5, 0.6) is 0 Å². The fourth-order valence-electron chi connectivity index (χ4n) is 3.38. The maximum atomic E-state index is 6.03. The largest absolute Gasteiger partial charge is 0.358 e. The van der Waals surface area contributed by atoms with E-state index in [0.29, 0.717) is 6.04 Å². The van der Waals surface area contributed by atoms with Crippen LogP contribution in [0.15, 0.2) is 65.8 Å². The lowest BCUT2D eigenvalue weighted by Crippen LogP contribution is -2.47. The molecule has 0 aliphatic carbocycles. The molecule has 2 heterocycles. The van der Waals surface area contributed by atoms with Crippen molar-refractivity contribution >= 4 is 5.84 Å². The van der Waals surface area contributed by atoms with Gasteiger partial charge in [0.05, 0.1) is 0 Å². The van der Waals surface area contributed by atoms with Crippen LogP contribution >= 0.6 is 0 Å². The van der Waals surface area contributed by atoms with Gasteiger partial charge in [-0.25, -0.2) is 10.0 Å². The number of hydrazine groups is 1. The number of nitrogens with zero attached hydrogens (tertiary/aromatic N) is 3. The average Bonchev–Trinajstić information content (AvgIpc) is 3.06. The van der Waals surface area contributed by atoms with Crippen LogP contribution < -0.4 is 0 Å². The summed E-state index contributed by atoms with van der Waals surface area (Å²) in [7, 11) is 2.10. The summed E-state index contributed by atoms with van der Waals surface area (Å²) < 4.78 is 0. The van der Waals surface area contributed by atoms with Crippen LogP contribution in [-0.4, -0.2) is 28.9 Å². The Labute approximate surface area is 130 Å². The smallest absolute Gasteiger partial charge is 0.252 e. The van der Waals surface area contributed by atoms with E-state index in [-0.39, 0.29) is 0 Å². The standard InChI is InChI=1S/C18H19N3O/c1-14-13-18(16-11-7-4-8-12-16)21(20(14)2)17(19-22-18)15-9-5-3-6-10-15/h3-12,14H,13H2,1-2H3/t14-,18+/m0/s1. The van der Waals surface area contributed by atoms with Crippen molar-refractivity contribution in [3.63, 3.8) is 0 Å². The molecule has 0 unspecified atom stereocenters. The first-order chi connectivity index (χ1) is 10.7. The summed E-state index contributed by atoms with van der Waals surface area (Å²) in [6.07, 6.45) is 0.882. The first-order valence-corrected chi connectivity index (χ1v) is 7.62. The van der Waals surface area contributed by atoms with Gasteiger partial charge in [-0.05, 0) is 6.92 Å². The number of hydrogen-bond donors (Lipinski definition) is 0. The first kappa shape index (κ1) is 13.3. The monoisotopic (exact) mass is 293 g/mol. The van der Waals surface area contributed by atoms with E-state index in [1.165, 1.54) is 0 Å². The van der Waals surface area contributed by atoms with Crippen LogP contribution in [0.1, 0.15) is 24.5 Å². The molecule has 0 N–H and O–H groups in total. The quantitative estimate of drug-likeness (QED) is 0.851. The van der Waals surface area contributed by atoms with Crippen LogP contribution in [0, 0.1) is 0 Å². The zero-order valence-electron chi connectivity index (χ0n) is 12.8. The van der Waals surface area contributed by atoms with Gasteiger partial charge < -0.3 is 4.84 Å². The minimum Gasteiger partial charge on any atom is -0.358 e. The van der Waals surface area contributed by atoms with Gasteiger partial charge >= 0.3 is 0 Å². The number of hydrogen-bond acceptors (Lipinski definition) is 4. The van der Waals surface area contributed by atoms with Gasteiger partial charge in [-0.1, -0.05) is 65.8 Å². The molecule has 0 radical (unpaired) electrons. The number of amidine groups is 1. The number of fused-ring (bicyclic) bond motifs is 1. The highest BCUT2D eigenvalue weighted by Gasteiger charge is 2.56. The number of oxime groups is 1. The molecule has 2 atom stereocenters. The lowest BCUT2D eigenvalue weighted by molar-refractivity contribution is -0.127. The van der Waals surface area contributed by atoms with Gasteiger partial charge in [0.1, 0.15) is 0 Å². The van der Waals surface area contributed by atoms with Crippen molar-refractivity contribution in [3.05, 3.63) is 71.8 Å². The Kier molecular flexibility index (Phi) is 2.94. The maximum Gasteiger partial charge on any atom is 0.252 e. The first-order valence-electron chi connectivity index (χ1n) is 7.62. The summed E-state index contributed by atoms with van der Waals surface area (Å²) in [4.78, 5) is 6.03. The Morgan fingerprint density at radius 1 is 1.05 bits per heavy atom. The Hall–Kier alpha value is -2.33. The van der Waals surface area contributed by atoms with Crippen LogP contribution in [0.2, 0.25) is 0 Å². The highest BCUT2D eigenvalue weighted by molar-refractivity contribution is 5.99. The Bertz CT molecular complexity index is 701. The van der Waals surface area contributed by atoms with Crippen LogP contribution in [0.25, 0.3) is 0 Å². The minimum absolute atomic E-state index is 0.384. The van der Waals surface area contributed by atoms with Crippen LogP contribution in [0.3, 0.4) is 0 Å². The maximum absolute atomic E-state index is 6.03. The third-order valence-corrected chi connectivity index (χ3v) is 4.61. The van der Waals surface area contributed by atoms with E-state index in [0.717, 1.165) is 23.4 Å². The molecule has 2 aromatic carbocycles. The summed E-state index contributed by atoms with van der Waals surface area (Å²) in [5.41, 5.74) is 1.68. The van der Waals surface area contributed by atoms with Crippen molar-refractivity contribution in [2.45, 2.75) is 25.1 Å². The van der Waals surface area contributed by atoms with E-state index < -0.39 is 5.72 Å². The molecule has 0 aromatic heterocycles. The molecule has 4 heteroatoms. The Morgan fingerprint density at radius 2 is 1.68 bits per heavy atom. The Morgan fingerprint density at radius 3 is 2.36 bits per heavy atom. The summed E-state index contributed by atoms with van der Waals surface area (Å²) in [5, 5.41) is 8.85. The summed E-state index contributed by atoms with van der Waals surface area (Å²) in [5.74, 6) is 0.872. The molecule has 4 rings (SSSR count). The van der Waals surface area contributed by atoms with Crippen molar-refractivity contribution in [2.75, 3.05) is 7.05 Å². The molecule has 0 amide bonds.